The van der Waals surface area contributed by atoms with E-state index in [1.54, 1.807) is 0 Å². The third kappa shape index (κ3) is 5.01. The van der Waals surface area contributed by atoms with Gasteiger partial charge in [-0.05, 0) is 46.1 Å². The van der Waals surface area contributed by atoms with Crippen LogP contribution in [0.25, 0.3) is 0 Å². The molecule has 120 valence electrons. The van der Waals surface area contributed by atoms with Crippen LogP contribution in [0.15, 0.2) is 0 Å². The number of rotatable bonds is 7. The maximum absolute atomic E-state index is 9.75. The number of nitrogens with one attached hydrogen (secondary N) is 1. The van der Waals surface area contributed by atoms with Gasteiger partial charge in [-0.1, -0.05) is 33.6 Å². The zero-order valence-electron chi connectivity index (χ0n) is 14.4. The van der Waals surface area contributed by atoms with Gasteiger partial charge in [-0.2, -0.15) is 0 Å². The van der Waals surface area contributed by atoms with Gasteiger partial charge >= 0.3 is 0 Å². The minimum Gasteiger partial charge on any atom is -0.394 e. The summed E-state index contributed by atoms with van der Waals surface area (Å²) in [5.41, 5.74) is -0.181. The summed E-state index contributed by atoms with van der Waals surface area (Å²) >= 11 is 0. The topological polar surface area (TPSA) is 35.5 Å². The molecule has 1 rings (SSSR count). The summed E-state index contributed by atoms with van der Waals surface area (Å²) in [6, 6.07) is 1.60. The molecule has 3 heteroatoms. The van der Waals surface area contributed by atoms with Crippen LogP contribution in [0.3, 0.4) is 0 Å². The summed E-state index contributed by atoms with van der Waals surface area (Å²) in [6.45, 7) is 11.3. The first-order chi connectivity index (χ1) is 9.29. The summed E-state index contributed by atoms with van der Waals surface area (Å²) in [5, 5.41) is 13.3. The fraction of sp³-hybridized carbons (Fsp3) is 1.00. The number of aliphatic hydroxyl groups excluding tert-OH is 1. The molecule has 20 heavy (non-hydrogen) atoms. The lowest BCUT2D eigenvalue weighted by atomic mass is 9.83. The van der Waals surface area contributed by atoms with Crippen molar-refractivity contribution in [3.63, 3.8) is 0 Å². The van der Waals surface area contributed by atoms with Crippen molar-refractivity contribution in [3.8, 4) is 0 Å². The van der Waals surface area contributed by atoms with E-state index in [1.165, 1.54) is 25.7 Å². The highest BCUT2D eigenvalue weighted by atomic mass is 16.3. The molecular formula is C17H36N2O. The van der Waals surface area contributed by atoms with Crippen molar-refractivity contribution in [1.82, 2.24) is 10.2 Å². The van der Waals surface area contributed by atoms with Gasteiger partial charge in [-0.25, -0.2) is 0 Å². The van der Waals surface area contributed by atoms with E-state index in [0.29, 0.717) is 18.1 Å². The molecular weight excluding hydrogens is 248 g/mol. The van der Waals surface area contributed by atoms with Gasteiger partial charge in [0.25, 0.3) is 0 Å². The van der Waals surface area contributed by atoms with E-state index in [2.05, 4.69) is 51.9 Å². The van der Waals surface area contributed by atoms with Gasteiger partial charge in [0.2, 0.25) is 0 Å². The molecule has 1 aliphatic rings. The molecule has 4 atom stereocenters. The van der Waals surface area contributed by atoms with Gasteiger partial charge in [0.15, 0.2) is 0 Å². The largest absolute Gasteiger partial charge is 0.394 e. The predicted octanol–water partition coefficient (Wildman–Crippen LogP) is 3.02. The maximum Gasteiger partial charge on any atom is 0.0611 e. The van der Waals surface area contributed by atoms with Crippen molar-refractivity contribution in [2.24, 2.45) is 5.92 Å². The summed E-state index contributed by atoms with van der Waals surface area (Å²) in [7, 11) is 2.27. The minimum atomic E-state index is -0.181. The molecule has 3 nitrogen and oxygen atoms in total. The van der Waals surface area contributed by atoms with Crippen LogP contribution in [-0.4, -0.2) is 47.3 Å². The Morgan fingerprint density at radius 1 is 1.25 bits per heavy atom. The van der Waals surface area contributed by atoms with E-state index in [9.17, 15) is 5.11 Å². The average Bonchev–Trinajstić information content (AvgIpc) is 2.37. The van der Waals surface area contributed by atoms with Crippen molar-refractivity contribution in [2.45, 2.75) is 90.4 Å². The number of hydrogen-bond acceptors (Lipinski definition) is 3. The summed E-state index contributed by atoms with van der Waals surface area (Å²) in [6.07, 6.45) is 6.44. The minimum absolute atomic E-state index is 0.181. The van der Waals surface area contributed by atoms with E-state index in [1.807, 2.05) is 0 Å². The molecule has 0 bridgehead atoms. The van der Waals surface area contributed by atoms with Crippen molar-refractivity contribution >= 4 is 0 Å². The highest BCUT2D eigenvalue weighted by molar-refractivity contribution is 4.90. The van der Waals surface area contributed by atoms with Crippen LogP contribution in [0.1, 0.15) is 66.7 Å². The SMILES string of the molecule is CC(C)NC(C)(CO)CC(C)N(C)C1CCCCC1C. The van der Waals surface area contributed by atoms with Crippen LogP contribution in [0.2, 0.25) is 0 Å². The highest BCUT2D eigenvalue weighted by Gasteiger charge is 2.32. The zero-order valence-corrected chi connectivity index (χ0v) is 14.4. The lowest BCUT2D eigenvalue weighted by molar-refractivity contribution is 0.0672. The van der Waals surface area contributed by atoms with Crippen LogP contribution in [0.4, 0.5) is 0 Å². The fourth-order valence-electron chi connectivity index (χ4n) is 3.89. The maximum atomic E-state index is 9.75. The lowest BCUT2D eigenvalue weighted by Gasteiger charge is -2.43. The first kappa shape index (κ1) is 17.9. The van der Waals surface area contributed by atoms with Gasteiger partial charge in [0.1, 0.15) is 0 Å². The third-order valence-electron chi connectivity index (χ3n) is 5.02. The highest BCUT2D eigenvalue weighted by Crippen LogP contribution is 2.30. The van der Waals surface area contributed by atoms with Gasteiger partial charge in [-0.3, -0.25) is 0 Å². The molecule has 0 radical (unpaired) electrons. The van der Waals surface area contributed by atoms with Crippen molar-refractivity contribution in [2.75, 3.05) is 13.7 Å². The molecule has 0 aromatic heterocycles. The Kier molecular flexibility index (Phi) is 6.96. The standard InChI is InChI=1S/C17H36N2O/c1-13(2)18-17(5,12-20)11-15(4)19(6)16-10-8-7-9-14(16)3/h13-16,18,20H,7-12H2,1-6H3. The van der Waals surface area contributed by atoms with Crippen molar-refractivity contribution in [1.29, 1.82) is 0 Å². The summed E-state index contributed by atoms with van der Waals surface area (Å²) in [5.74, 6) is 0.801. The van der Waals surface area contributed by atoms with E-state index in [4.69, 9.17) is 0 Å². The lowest BCUT2D eigenvalue weighted by Crippen LogP contribution is -2.54. The first-order valence-electron chi connectivity index (χ1n) is 8.39. The fourth-order valence-corrected chi connectivity index (χ4v) is 3.89. The molecule has 0 amide bonds. The zero-order chi connectivity index (χ0) is 15.3. The quantitative estimate of drug-likeness (QED) is 0.754. The van der Waals surface area contributed by atoms with E-state index >= 15 is 0 Å². The Labute approximate surface area is 126 Å². The summed E-state index contributed by atoms with van der Waals surface area (Å²) < 4.78 is 0. The van der Waals surface area contributed by atoms with Crippen molar-refractivity contribution in [3.05, 3.63) is 0 Å². The van der Waals surface area contributed by atoms with Crippen molar-refractivity contribution < 1.29 is 5.11 Å². The molecule has 1 aliphatic carbocycles. The molecule has 1 fully saturated rings. The Bertz CT molecular complexity index is 282. The number of nitrogens with zero attached hydrogens (tertiary/aromatic N) is 1. The van der Waals surface area contributed by atoms with Crippen LogP contribution in [0.5, 0.6) is 0 Å². The second-order valence-electron chi connectivity index (χ2n) is 7.57. The van der Waals surface area contributed by atoms with Crippen LogP contribution < -0.4 is 5.32 Å². The molecule has 0 spiro atoms. The molecule has 0 aliphatic heterocycles. The molecule has 1 saturated carbocycles. The van der Waals surface area contributed by atoms with Gasteiger partial charge in [-0.15, -0.1) is 0 Å². The first-order valence-corrected chi connectivity index (χ1v) is 8.39. The Morgan fingerprint density at radius 3 is 2.35 bits per heavy atom. The van der Waals surface area contributed by atoms with E-state index in [-0.39, 0.29) is 12.1 Å². The monoisotopic (exact) mass is 284 g/mol. The van der Waals surface area contributed by atoms with Gasteiger partial charge < -0.3 is 15.3 Å². The van der Waals surface area contributed by atoms with Crippen LogP contribution in [0, 0.1) is 5.92 Å². The predicted molar refractivity (Wildman–Crippen MR) is 87.0 cm³/mol. The summed E-state index contributed by atoms with van der Waals surface area (Å²) in [4.78, 5) is 2.56. The Balaban J connectivity index is 2.61. The normalized spacial score (nSPS) is 28.6. The Morgan fingerprint density at radius 2 is 1.85 bits per heavy atom. The molecule has 2 N–H and O–H groups in total. The van der Waals surface area contributed by atoms with E-state index in [0.717, 1.165) is 12.3 Å². The Hall–Kier alpha value is -0.120. The molecule has 0 aromatic carbocycles. The third-order valence-corrected chi connectivity index (χ3v) is 5.02. The number of aliphatic hydroxyl groups is 1. The average molecular weight is 284 g/mol. The molecule has 4 unspecified atom stereocenters. The smallest absolute Gasteiger partial charge is 0.0611 e. The van der Waals surface area contributed by atoms with Crippen LogP contribution in [-0.2, 0) is 0 Å². The second-order valence-corrected chi connectivity index (χ2v) is 7.57. The van der Waals surface area contributed by atoms with Gasteiger partial charge in [0.05, 0.1) is 6.61 Å². The molecule has 0 saturated heterocycles. The molecule has 0 heterocycles. The van der Waals surface area contributed by atoms with Gasteiger partial charge in [0, 0.05) is 23.7 Å². The van der Waals surface area contributed by atoms with E-state index < -0.39 is 0 Å². The van der Waals surface area contributed by atoms with Crippen LogP contribution >= 0.6 is 0 Å². The molecule has 0 aromatic rings. The number of hydrogen-bond donors (Lipinski definition) is 2. The second kappa shape index (κ2) is 7.77.